The summed E-state index contributed by atoms with van der Waals surface area (Å²) in [6.07, 6.45) is -5.26. The van der Waals surface area contributed by atoms with Crippen molar-refractivity contribution in [3.05, 3.63) is 40.4 Å². The number of carboxylic acids is 2. The first-order valence-electron chi connectivity index (χ1n) is 8.99. The Hall–Kier alpha value is -4.21. The van der Waals surface area contributed by atoms with Gasteiger partial charge in [0, 0.05) is 17.8 Å². The Kier molecular flexibility index (Phi) is 9.94. The number of aromatic nitrogens is 1. The minimum atomic E-state index is -5.08. The fourth-order valence-corrected chi connectivity index (χ4v) is 2.92. The summed E-state index contributed by atoms with van der Waals surface area (Å²) in [5.41, 5.74) is 11.8. The second-order valence-corrected chi connectivity index (χ2v) is 7.16. The standard InChI is InChI=1S/C16H18N6O4S.C2HF3O2/c1-8-12(27-16(20-8)22-15(17)18)14(26)21-10-4-2-3-9(7-10)13(25)19-6-5-11(23)24;3-2(4,5)1(6)7/h2-4,7H,5-6H2,1H3,(H,19,25)(H,21,26)(H,23,24)(H4,17,18,20,22);(H,6,7). The van der Waals surface area contributed by atoms with Crippen molar-refractivity contribution < 1.29 is 42.6 Å². The third-order valence-corrected chi connectivity index (χ3v) is 4.52. The molecule has 8 N–H and O–H groups in total. The SMILES string of the molecule is Cc1nc(N=C(N)N)sc1C(=O)Nc1cccc(C(=O)NCCC(=O)O)c1.O=C(O)C(F)(F)F. The molecule has 0 saturated heterocycles. The highest BCUT2D eigenvalue weighted by Crippen LogP contribution is 2.26. The molecular formula is C18H19F3N6O6S. The summed E-state index contributed by atoms with van der Waals surface area (Å²) in [5.74, 6) is -4.76. The number of nitrogens with zero attached hydrogens (tertiary/aromatic N) is 2. The fourth-order valence-electron chi connectivity index (χ4n) is 2.06. The van der Waals surface area contributed by atoms with Gasteiger partial charge in [-0.15, -0.1) is 0 Å². The number of hydrogen-bond acceptors (Lipinski definition) is 7. The Morgan fingerprint density at radius 2 is 1.76 bits per heavy atom. The van der Waals surface area contributed by atoms with Crippen LogP contribution in [-0.4, -0.2) is 57.6 Å². The van der Waals surface area contributed by atoms with Crippen LogP contribution >= 0.6 is 11.3 Å². The monoisotopic (exact) mass is 504 g/mol. The quantitative estimate of drug-likeness (QED) is 0.238. The number of guanidine groups is 1. The number of alkyl halides is 3. The van der Waals surface area contributed by atoms with Crippen molar-refractivity contribution in [2.75, 3.05) is 11.9 Å². The van der Waals surface area contributed by atoms with E-state index in [1.54, 1.807) is 25.1 Å². The zero-order valence-electron chi connectivity index (χ0n) is 17.3. The van der Waals surface area contributed by atoms with Gasteiger partial charge in [-0.25, -0.2) is 9.78 Å². The van der Waals surface area contributed by atoms with E-state index in [0.29, 0.717) is 21.8 Å². The summed E-state index contributed by atoms with van der Waals surface area (Å²) in [5, 5.41) is 21.2. The number of aliphatic carboxylic acids is 2. The number of aliphatic imine (C=N–C) groups is 1. The van der Waals surface area contributed by atoms with Crippen LogP contribution < -0.4 is 22.1 Å². The molecule has 1 aromatic heterocycles. The molecule has 0 saturated carbocycles. The number of aryl methyl sites for hydroxylation is 1. The first kappa shape index (κ1) is 27.8. The Bertz CT molecular complexity index is 1100. The van der Waals surface area contributed by atoms with Gasteiger partial charge in [0.2, 0.25) is 5.13 Å². The van der Waals surface area contributed by atoms with Crippen LogP contribution in [0.5, 0.6) is 0 Å². The summed E-state index contributed by atoms with van der Waals surface area (Å²) in [6, 6.07) is 6.27. The second kappa shape index (κ2) is 12.1. The molecule has 2 aromatic rings. The van der Waals surface area contributed by atoms with Crippen molar-refractivity contribution in [2.24, 2.45) is 16.5 Å². The van der Waals surface area contributed by atoms with Gasteiger partial charge >= 0.3 is 18.1 Å². The number of nitrogens with two attached hydrogens (primary N) is 2. The van der Waals surface area contributed by atoms with E-state index in [9.17, 15) is 27.6 Å². The third-order valence-electron chi connectivity index (χ3n) is 3.47. The van der Waals surface area contributed by atoms with Gasteiger partial charge in [0.05, 0.1) is 12.1 Å². The van der Waals surface area contributed by atoms with Gasteiger partial charge < -0.3 is 32.3 Å². The van der Waals surface area contributed by atoms with Gasteiger partial charge in [0.15, 0.2) is 5.96 Å². The molecule has 184 valence electrons. The molecule has 0 bridgehead atoms. The molecule has 1 heterocycles. The van der Waals surface area contributed by atoms with Crippen LogP contribution in [0.25, 0.3) is 0 Å². The van der Waals surface area contributed by atoms with E-state index in [0.717, 1.165) is 11.3 Å². The van der Waals surface area contributed by atoms with Crippen LogP contribution in [0.3, 0.4) is 0 Å². The van der Waals surface area contributed by atoms with E-state index in [1.165, 1.54) is 6.07 Å². The summed E-state index contributed by atoms with van der Waals surface area (Å²) in [4.78, 5) is 52.1. The Balaban J connectivity index is 0.000000718. The highest BCUT2D eigenvalue weighted by atomic mass is 32.1. The van der Waals surface area contributed by atoms with Crippen LogP contribution in [-0.2, 0) is 9.59 Å². The molecule has 0 radical (unpaired) electrons. The topological polar surface area (TPSA) is 210 Å². The highest BCUT2D eigenvalue weighted by molar-refractivity contribution is 7.17. The number of carbonyl (C=O) groups is 4. The lowest BCUT2D eigenvalue weighted by atomic mass is 10.2. The van der Waals surface area contributed by atoms with Crippen LogP contribution in [0, 0.1) is 6.92 Å². The molecule has 2 amide bonds. The first-order chi connectivity index (χ1) is 15.7. The maximum absolute atomic E-state index is 12.4. The van der Waals surface area contributed by atoms with Crippen molar-refractivity contribution in [3.8, 4) is 0 Å². The molecule has 0 aliphatic carbocycles. The maximum Gasteiger partial charge on any atom is 0.490 e. The number of benzene rings is 1. The number of anilines is 1. The van der Waals surface area contributed by atoms with Gasteiger partial charge in [0.1, 0.15) is 4.88 Å². The first-order valence-corrected chi connectivity index (χ1v) is 9.81. The molecule has 0 unspecified atom stereocenters. The third kappa shape index (κ3) is 9.51. The van der Waals surface area contributed by atoms with Crippen molar-refractivity contribution in [1.29, 1.82) is 0 Å². The average molecular weight is 504 g/mol. The molecule has 0 atom stereocenters. The molecule has 16 heteroatoms. The summed E-state index contributed by atoms with van der Waals surface area (Å²) in [6.45, 7) is 1.67. The number of carboxylic acid groups (broad SMARTS) is 2. The molecule has 34 heavy (non-hydrogen) atoms. The van der Waals surface area contributed by atoms with E-state index >= 15 is 0 Å². The molecule has 0 aliphatic rings. The van der Waals surface area contributed by atoms with E-state index in [4.69, 9.17) is 26.5 Å². The molecular weight excluding hydrogens is 485 g/mol. The summed E-state index contributed by atoms with van der Waals surface area (Å²) < 4.78 is 31.7. The average Bonchev–Trinajstić information content (AvgIpc) is 3.07. The van der Waals surface area contributed by atoms with Crippen molar-refractivity contribution >= 4 is 51.9 Å². The van der Waals surface area contributed by atoms with Gasteiger partial charge in [-0.2, -0.15) is 18.2 Å². The second-order valence-electron chi connectivity index (χ2n) is 6.19. The number of amides is 2. The van der Waals surface area contributed by atoms with Gasteiger partial charge in [-0.1, -0.05) is 17.4 Å². The number of nitrogens with one attached hydrogen (secondary N) is 2. The Morgan fingerprint density at radius 3 is 2.29 bits per heavy atom. The molecule has 2 rings (SSSR count). The lowest BCUT2D eigenvalue weighted by Gasteiger charge is -2.07. The van der Waals surface area contributed by atoms with Crippen LogP contribution in [0.4, 0.5) is 24.0 Å². The van der Waals surface area contributed by atoms with Crippen LogP contribution in [0.2, 0.25) is 0 Å². The van der Waals surface area contributed by atoms with Crippen molar-refractivity contribution in [2.45, 2.75) is 19.5 Å². The molecule has 0 fully saturated rings. The number of thiazole rings is 1. The fraction of sp³-hybridized carbons (Fsp3) is 0.222. The highest BCUT2D eigenvalue weighted by Gasteiger charge is 2.38. The van der Waals surface area contributed by atoms with Crippen molar-refractivity contribution in [3.63, 3.8) is 0 Å². The van der Waals surface area contributed by atoms with Crippen LogP contribution in [0.1, 0.15) is 32.1 Å². The van der Waals surface area contributed by atoms with E-state index in [-0.39, 0.29) is 24.1 Å². The normalized spacial score (nSPS) is 10.4. The van der Waals surface area contributed by atoms with Crippen LogP contribution in [0.15, 0.2) is 29.3 Å². The van der Waals surface area contributed by atoms with Gasteiger partial charge in [-0.3, -0.25) is 14.4 Å². The summed E-state index contributed by atoms with van der Waals surface area (Å²) in [7, 11) is 0. The minimum Gasteiger partial charge on any atom is -0.481 e. The largest absolute Gasteiger partial charge is 0.490 e. The number of rotatable bonds is 7. The Labute approximate surface area is 193 Å². The molecule has 12 nitrogen and oxygen atoms in total. The predicted octanol–water partition coefficient (Wildman–Crippen LogP) is 1.45. The zero-order valence-corrected chi connectivity index (χ0v) is 18.2. The van der Waals surface area contributed by atoms with Gasteiger partial charge in [-0.05, 0) is 25.1 Å². The lowest BCUT2D eigenvalue weighted by molar-refractivity contribution is -0.192. The van der Waals surface area contributed by atoms with E-state index < -0.39 is 29.9 Å². The maximum atomic E-state index is 12.4. The minimum absolute atomic E-state index is 0.0123. The summed E-state index contributed by atoms with van der Waals surface area (Å²) >= 11 is 1.03. The number of hydrogen-bond donors (Lipinski definition) is 6. The number of halogens is 3. The van der Waals surface area contributed by atoms with E-state index in [2.05, 4.69) is 20.6 Å². The molecule has 0 aliphatic heterocycles. The lowest BCUT2D eigenvalue weighted by Crippen LogP contribution is -2.26. The zero-order chi connectivity index (χ0) is 26.1. The Morgan fingerprint density at radius 1 is 1.15 bits per heavy atom. The molecule has 0 spiro atoms. The smallest absolute Gasteiger partial charge is 0.481 e. The van der Waals surface area contributed by atoms with Crippen molar-refractivity contribution in [1.82, 2.24) is 10.3 Å². The van der Waals surface area contributed by atoms with E-state index in [1.807, 2.05) is 0 Å². The van der Waals surface area contributed by atoms with Gasteiger partial charge in [0.25, 0.3) is 11.8 Å². The predicted molar refractivity (Wildman–Crippen MR) is 115 cm³/mol. The number of carbonyl (C=O) groups excluding carboxylic acids is 2. The molecule has 1 aromatic carbocycles.